The second kappa shape index (κ2) is 10.7. The summed E-state index contributed by atoms with van der Waals surface area (Å²) in [6, 6.07) is 8.17. The Bertz CT molecular complexity index is 432. The third kappa shape index (κ3) is 6.38. The first-order valence-corrected chi connectivity index (χ1v) is 7.55. The van der Waals surface area contributed by atoms with Crippen LogP contribution in [-0.4, -0.2) is 26.9 Å². The summed E-state index contributed by atoms with van der Waals surface area (Å²) in [6.07, 6.45) is 2.36. The molecule has 0 aliphatic rings. The molecule has 0 saturated carbocycles. The largest absolute Gasteiger partial charge is 0.492 e. The van der Waals surface area contributed by atoms with Crippen LogP contribution in [-0.2, 0) is 11.3 Å². The maximum Gasteiger partial charge on any atom is 0.137 e. The van der Waals surface area contributed by atoms with Crippen molar-refractivity contribution in [2.24, 2.45) is 0 Å². The van der Waals surface area contributed by atoms with Crippen LogP contribution < -0.4 is 10.1 Å². The minimum atomic E-state index is 0.588. The van der Waals surface area contributed by atoms with Crippen LogP contribution in [0.4, 0.5) is 0 Å². The van der Waals surface area contributed by atoms with Gasteiger partial charge in [0.1, 0.15) is 5.75 Å². The number of para-hydroxylation sites is 1. The number of hydrogen-bond acceptors (Lipinski definition) is 4. The number of rotatable bonds is 10. The zero-order valence-electron chi connectivity index (χ0n) is 11.8. The number of methoxy groups -OCH3 is 1. The van der Waals surface area contributed by atoms with Gasteiger partial charge in [0.2, 0.25) is 0 Å². The Hall–Kier alpha value is -1.09. The molecule has 110 valence electrons. The number of unbranched alkanes of at least 4 members (excludes halogenated alkanes) is 2. The number of hydrogen-bond donors (Lipinski definition) is 1. The smallest absolute Gasteiger partial charge is 0.137 e. The Balaban J connectivity index is 2.48. The minimum Gasteiger partial charge on any atom is -0.492 e. The highest BCUT2D eigenvalue weighted by Gasteiger charge is 2.07. The Morgan fingerprint density at radius 3 is 2.90 bits per heavy atom. The first-order chi connectivity index (χ1) is 9.79. The van der Waals surface area contributed by atoms with Crippen molar-refractivity contribution in [1.82, 2.24) is 5.32 Å². The standard InChI is InChI=1S/C15H21BrN2O2/c1-19-11-9-18-12-13-6-5-7-14(16)15(13)20-10-4-2-3-8-17/h5-7,18H,2-4,9-12H2,1H3. The fraction of sp³-hybridized carbons (Fsp3) is 0.533. The van der Waals surface area contributed by atoms with Crippen LogP contribution in [0.15, 0.2) is 22.7 Å². The predicted octanol–water partition coefficient (Wildman–Crippen LogP) is 3.26. The number of nitrogens with one attached hydrogen (secondary N) is 1. The van der Waals surface area contributed by atoms with E-state index in [1.54, 1.807) is 7.11 Å². The summed E-state index contributed by atoms with van der Waals surface area (Å²) < 4.78 is 11.8. The molecule has 20 heavy (non-hydrogen) atoms. The first kappa shape index (κ1) is 17.0. The van der Waals surface area contributed by atoms with Gasteiger partial charge >= 0.3 is 0 Å². The summed E-state index contributed by atoms with van der Waals surface area (Å²) in [4.78, 5) is 0. The lowest BCUT2D eigenvalue weighted by Crippen LogP contribution is -2.19. The summed E-state index contributed by atoms with van der Waals surface area (Å²) in [6.45, 7) is 2.88. The lowest BCUT2D eigenvalue weighted by molar-refractivity contribution is 0.199. The highest BCUT2D eigenvalue weighted by Crippen LogP contribution is 2.29. The molecule has 0 spiro atoms. The third-order valence-corrected chi connectivity index (χ3v) is 3.40. The van der Waals surface area contributed by atoms with E-state index in [4.69, 9.17) is 14.7 Å². The van der Waals surface area contributed by atoms with Gasteiger partial charge in [-0.15, -0.1) is 0 Å². The second-order valence-electron chi connectivity index (χ2n) is 4.36. The van der Waals surface area contributed by atoms with E-state index in [-0.39, 0.29) is 0 Å². The zero-order valence-corrected chi connectivity index (χ0v) is 13.4. The number of ether oxygens (including phenoxy) is 2. The van der Waals surface area contributed by atoms with Gasteiger partial charge in [-0.05, 0) is 34.8 Å². The van der Waals surface area contributed by atoms with E-state index in [1.807, 2.05) is 12.1 Å². The van der Waals surface area contributed by atoms with Gasteiger partial charge in [-0.3, -0.25) is 0 Å². The SMILES string of the molecule is COCCNCc1cccc(Br)c1OCCCCC#N. The van der Waals surface area contributed by atoms with Gasteiger partial charge in [0.15, 0.2) is 0 Å². The zero-order chi connectivity index (χ0) is 14.6. The van der Waals surface area contributed by atoms with Crippen molar-refractivity contribution in [2.45, 2.75) is 25.8 Å². The molecule has 0 unspecified atom stereocenters. The summed E-state index contributed by atoms with van der Waals surface area (Å²) >= 11 is 3.52. The van der Waals surface area contributed by atoms with Crippen molar-refractivity contribution in [2.75, 3.05) is 26.9 Å². The molecule has 0 aromatic heterocycles. The molecule has 1 N–H and O–H groups in total. The van der Waals surface area contributed by atoms with Crippen molar-refractivity contribution in [1.29, 1.82) is 5.26 Å². The van der Waals surface area contributed by atoms with E-state index in [9.17, 15) is 0 Å². The highest BCUT2D eigenvalue weighted by molar-refractivity contribution is 9.10. The molecule has 0 aliphatic carbocycles. The van der Waals surface area contributed by atoms with Crippen molar-refractivity contribution in [3.63, 3.8) is 0 Å². The second-order valence-corrected chi connectivity index (χ2v) is 5.22. The Labute approximate surface area is 129 Å². The molecule has 0 radical (unpaired) electrons. The molecule has 5 heteroatoms. The van der Waals surface area contributed by atoms with Gasteiger partial charge in [-0.25, -0.2) is 0 Å². The summed E-state index contributed by atoms with van der Waals surface area (Å²) in [5.41, 5.74) is 1.12. The lowest BCUT2D eigenvalue weighted by atomic mass is 10.2. The topological polar surface area (TPSA) is 54.3 Å². The van der Waals surface area contributed by atoms with E-state index in [2.05, 4.69) is 33.4 Å². The van der Waals surface area contributed by atoms with Gasteiger partial charge in [-0.2, -0.15) is 5.26 Å². The predicted molar refractivity (Wildman–Crippen MR) is 82.7 cm³/mol. The molecule has 0 saturated heterocycles. The highest BCUT2D eigenvalue weighted by atomic mass is 79.9. The van der Waals surface area contributed by atoms with Crippen LogP contribution in [0.3, 0.4) is 0 Å². The minimum absolute atomic E-state index is 0.588. The van der Waals surface area contributed by atoms with Crippen LogP contribution in [0.2, 0.25) is 0 Å². The Kier molecular flexibility index (Phi) is 9.05. The van der Waals surface area contributed by atoms with Crippen LogP contribution >= 0.6 is 15.9 Å². The van der Waals surface area contributed by atoms with Gasteiger partial charge in [-0.1, -0.05) is 12.1 Å². The van der Waals surface area contributed by atoms with Gasteiger partial charge in [0, 0.05) is 32.2 Å². The van der Waals surface area contributed by atoms with E-state index in [0.29, 0.717) is 19.6 Å². The molecule has 1 aromatic rings. The van der Waals surface area contributed by atoms with E-state index >= 15 is 0 Å². The fourth-order valence-electron chi connectivity index (χ4n) is 1.73. The molecule has 0 heterocycles. The molecular weight excluding hydrogens is 320 g/mol. The van der Waals surface area contributed by atoms with E-state index in [1.165, 1.54) is 0 Å². The van der Waals surface area contributed by atoms with Gasteiger partial charge < -0.3 is 14.8 Å². The molecule has 0 atom stereocenters. The number of nitrogens with zero attached hydrogens (tertiary/aromatic N) is 1. The summed E-state index contributed by atoms with van der Waals surface area (Å²) in [5, 5.41) is 11.8. The van der Waals surface area contributed by atoms with Crippen LogP contribution in [0.1, 0.15) is 24.8 Å². The van der Waals surface area contributed by atoms with Crippen molar-refractivity contribution >= 4 is 15.9 Å². The number of halogens is 1. The Morgan fingerprint density at radius 1 is 1.30 bits per heavy atom. The van der Waals surface area contributed by atoms with Crippen LogP contribution in [0.5, 0.6) is 5.75 Å². The summed E-state index contributed by atoms with van der Waals surface area (Å²) in [7, 11) is 1.69. The average molecular weight is 341 g/mol. The van der Waals surface area contributed by atoms with Crippen molar-refractivity contribution in [3.8, 4) is 11.8 Å². The van der Waals surface area contributed by atoms with Gasteiger partial charge in [0.05, 0.1) is 23.8 Å². The van der Waals surface area contributed by atoms with E-state index < -0.39 is 0 Å². The maximum absolute atomic E-state index is 8.49. The molecule has 0 bridgehead atoms. The monoisotopic (exact) mass is 340 g/mol. The quantitative estimate of drug-likeness (QED) is 0.664. The summed E-state index contributed by atoms with van der Waals surface area (Å²) in [5.74, 6) is 0.884. The van der Waals surface area contributed by atoms with Crippen molar-refractivity contribution in [3.05, 3.63) is 28.2 Å². The van der Waals surface area contributed by atoms with Crippen molar-refractivity contribution < 1.29 is 9.47 Å². The van der Waals surface area contributed by atoms with Gasteiger partial charge in [0.25, 0.3) is 0 Å². The molecule has 1 rings (SSSR count). The average Bonchev–Trinajstić information content (AvgIpc) is 2.45. The van der Waals surface area contributed by atoms with Crippen LogP contribution in [0.25, 0.3) is 0 Å². The Morgan fingerprint density at radius 2 is 2.15 bits per heavy atom. The van der Waals surface area contributed by atoms with E-state index in [0.717, 1.165) is 41.7 Å². The molecule has 0 amide bonds. The first-order valence-electron chi connectivity index (χ1n) is 6.76. The molecular formula is C15H21BrN2O2. The number of nitriles is 1. The normalized spacial score (nSPS) is 10.2. The fourth-order valence-corrected chi connectivity index (χ4v) is 2.25. The lowest BCUT2D eigenvalue weighted by Gasteiger charge is -2.13. The van der Waals surface area contributed by atoms with Crippen LogP contribution in [0, 0.1) is 11.3 Å². The molecule has 1 aromatic carbocycles. The third-order valence-electron chi connectivity index (χ3n) is 2.78. The maximum atomic E-state index is 8.49. The molecule has 4 nitrogen and oxygen atoms in total. The molecule has 0 fully saturated rings. The number of benzene rings is 1. The molecule has 0 aliphatic heterocycles.